The molecule has 0 aliphatic heterocycles. The van der Waals surface area contributed by atoms with Crippen LogP contribution in [0, 0.1) is 0 Å². The molecule has 0 aliphatic carbocycles. The van der Waals surface area contributed by atoms with Crippen LogP contribution in [-0.2, 0) is 0 Å². The van der Waals surface area contributed by atoms with Gasteiger partial charge in [-0.1, -0.05) is 11.6 Å². The fourth-order valence-electron chi connectivity index (χ4n) is 2.41. The standard InChI is InChI=1S/C18H16ClNO4S/c1-22-10-5-7-14(24-3)13(8-10)20-18(21)17-16(19)12-6-4-11(23-2)9-15(12)25-17/h4-9H,1-3H3,(H,20,21). The molecule has 0 saturated carbocycles. The third kappa shape index (κ3) is 3.36. The maximum atomic E-state index is 12.7. The monoisotopic (exact) mass is 377 g/mol. The number of hydrogen-bond acceptors (Lipinski definition) is 5. The molecule has 25 heavy (non-hydrogen) atoms. The van der Waals surface area contributed by atoms with E-state index in [4.69, 9.17) is 25.8 Å². The minimum absolute atomic E-state index is 0.309. The normalized spacial score (nSPS) is 10.6. The zero-order valence-corrected chi connectivity index (χ0v) is 15.5. The fraction of sp³-hybridized carbons (Fsp3) is 0.167. The van der Waals surface area contributed by atoms with Crippen LogP contribution in [0.5, 0.6) is 17.2 Å². The Morgan fingerprint density at radius 2 is 1.68 bits per heavy atom. The molecule has 1 N–H and O–H groups in total. The molecule has 5 nitrogen and oxygen atoms in total. The molecule has 0 fully saturated rings. The summed E-state index contributed by atoms with van der Waals surface area (Å²) in [6.07, 6.45) is 0. The van der Waals surface area contributed by atoms with Crippen LogP contribution in [-0.4, -0.2) is 27.2 Å². The lowest BCUT2D eigenvalue weighted by Crippen LogP contribution is -2.11. The zero-order valence-electron chi connectivity index (χ0n) is 13.9. The highest BCUT2D eigenvalue weighted by atomic mass is 35.5. The number of hydrogen-bond donors (Lipinski definition) is 1. The van der Waals surface area contributed by atoms with Crippen LogP contribution in [0.15, 0.2) is 36.4 Å². The predicted molar refractivity (Wildman–Crippen MR) is 101 cm³/mol. The molecule has 1 amide bonds. The lowest BCUT2D eigenvalue weighted by atomic mass is 10.2. The highest BCUT2D eigenvalue weighted by Gasteiger charge is 2.19. The van der Waals surface area contributed by atoms with Crippen LogP contribution in [0.3, 0.4) is 0 Å². The molecule has 0 unspecified atom stereocenters. The van der Waals surface area contributed by atoms with Gasteiger partial charge in [0.1, 0.15) is 22.1 Å². The van der Waals surface area contributed by atoms with Crippen molar-refractivity contribution >= 4 is 44.6 Å². The van der Waals surface area contributed by atoms with E-state index in [1.165, 1.54) is 18.4 Å². The molecule has 0 aliphatic rings. The highest BCUT2D eigenvalue weighted by Crippen LogP contribution is 2.38. The molecule has 0 atom stereocenters. The third-order valence-corrected chi connectivity index (χ3v) is 5.35. The summed E-state index contributed by atoms with van der Waals surface area (Å²) in [5.74, 6) is 1.56. The average Bonchev–Trinajstić information content (AvgIpc) is 2.97. The molecule has 7 heteroatoms. The Morgan fingerprint density at radius 3 is 2.36 bits per heavy atom. The number of anilines is 1. The molecule has 3 aromatic rings. The number of methoxy groups -OCH3 is 3. The first-order valence-electron chi connectivity index (χ1n) is 7.36. The van der Waals surface area contributed by atoms with Gasteiger partial charge < -0.3 is 19.5 Å². The number of rotatable bonds is 5. The lowest BCUT2D eigenvalue weighted by molar-refractivity contribution is 0.103. The SMILES string of the molecule is COc1ccc(OC)c(NC(=O)c2sc3cc(OC)ccc3c2Cl)c1. The number of carbonyl (C=O) groups excluding carboxylic acids is 1. The Morgan fingerprint density at radius 1 is 1.00 bits per heavy atom. The van der Waals surface area contributed by atoms with Gasteiger partial charge in [0.2, 0.25) is 0 Å². The van der Waals surface area contributed by atoms with E-state index in [-0.39, 0.29) is 5.91 Å². The van der Waals surface area contributed by atoms with Gasteiger partial charge in [0.15, 0.2) is 0 Å². The van der Waals surface area contributed by atoms with E-state index in [9.17, 15) is 4.79 Å². The van der Waals surface area contributed by atoms with E-state index >= 15 is 0 Å². The maximum absolute atomic E-state index is 12.7. The molecule has 3 rings (SSSR count). The number of fused-ring (bicyclic) bond motifs is 1. The van der Waals surface area contributed by atoms with Gasteiger partial charge in [0.25, 0.3) is 5.91 Å². The number of carbonyl (C=O) groups is 1. The van der Waals surface area contributed by atoms with Crippen molar-refractivity contribution < 1.29 is 19.0 Å². The van der Waals surface area contributed by atoms with Crippen molar-refractivity contribution in [3.05, 3.63) is 46.3 Å². The maximum Gasteiger partial charge on any atom is 0.267 e. The van der Waals surface area contributed by atoms with Gasteiger partial charge >= 0.3 is 0 Å². The summed E-state index contributed by atoms with van der Waals surface area (Å²) in [6, 6.07) is 10.7. The van der Waals surface area contributed by atoms with Gasteiger partial charge in [0, 0.05) is 16.2 Å². The first kappa shape index (κ1) is 17.4. The van der Waals surface area contributed by atoms with Crippen LogP contribution in [0.4, 0.5) is 5.69 Å². The Hall–Kier alpha value is -2.44. The Balaban J connectivity index is 1.96. The molecule has 0 saturated heterocycles. The molecule has 2 aromatic carbocycles. The smallest absolute Gasteiger partial charge is 0.267 e. The first-order chi connectivity index (χ1) is 12.1. The first-order valence-corrected chi connectivity index (χ1v) is 8.56. The van der Waals surface area contributed by atoms with Crippen LogP contribution in [0.1, 0.15) is 9.67 Å². The average molecular weight is 378 g/mol. The van der Waals surface area contributed by atoms with Crippen molar-refractivity contribution in [3.63, 3.8) is 0 Å². The minimum Gasteiger partial charge on any atom is -0.497 e. The quantitative estimate of drug-likeness (QED) is 0.691. The molecular formula is C18H16ClNO4S. The Bertz CT molecular complexity index is 938. The number of thiophene rings is 1. The minimum atomic E-state index is -0.309. The van der Waals surface area contributed by atoms with Gasteiger partial charge in [-0.3, -0.25) is 4.79 Å². The van der Waals surface area contributed by atoms with Gasteiger partial charge in [0.05, 0.1) is 32.0 Å². The van der Waals surface area contributed by atoms with Crippen molar-refractivity contribution in [2.45, 2.75) is 0 Å². The van der Waals surface area contributed by atoms with Crippen molar-refractivity contribution in [2.75, 3.05) is 26.6 Å². The number of nitrogens with one attached hydrogen (secondary N) is 1. The highest BCUT2D eigenvalue weighted by molar-refractivity contribution is 7.21. The van der Waals surface area contributed by atoms with Crippen LogP contribution < -0.4 is 19.5 Å². The number of halogens is 1. The van der Waals surface area contributed by atoms with E-state index in [2.05, 4.69) is 5.32 Å². The number of benzene rings is 2. The molecule has 1 heterocycles. The largest absolute Gasteiger partial charge is 0.497 e. The molecule has 1 aromatic heterocycles. The summed E-state index contributed by atoms with van der Waals surface area (Å²) in [5, 5.41) is 4.07. The van der Waals surface area contributed by atoms with Crippen LogP contribution >= 0.6 is 22.9 Å². The summed E-state index contributed by atoms with van der Waals surface area (Å²) in [6.45, 7) is 0. The zero-order chi connectivity index (χ0) is 18.0. The van der Waals surface area contributed by atoms with Gasteiger partial charge in [-0.25, -0.2) is 0 Å². The summed E-state index contributed by atoms with van der Waals surface area (Å²) in [4.78, 5) is 13.1. The van der Waals surface area contributed by atoms with E-state index in [0.29, 0.717) is 32.8 Å². The molecule has 0 bridgehead atoms. The van der Waals surface area contributed by atoms with Gasteiger partial charge in [-0.05, 0) is 30.3 Å². The summed E-state index contributed by atoms with van der Waals surface area (Å²) in [5.41, 5.74) is 0.512. The van der Waals surface area contributed by atoms with Gasteiger partial charge in [-0.2, -0.15) is 0 Å². The van der Waals surface area contributed by atoms with E-state index in [0.717, 1.165) is 10.1 Å². The summed E-state index contributed by atoms with van der Waals surface area (Å²) in [7, 11) is 4.69. The molecular weight excluding hydrogens is 362 g/mol. The van der Waals surface area contributed by atoms with Crippen LogP contribution in [0.25, 0.3) is 10.1 Å². The topological polar surface area (TPSA) is 56.8 Å². The third-order valence-electron chi connectivity index (χ3n) is 3.70. The van der Waals surface area contributed by atoms with Crippen molar-refractivity contribution in [2.24, 2.45) is 0 Å². The molecule has 0 spiro atoms. The second-order valence-electron chi connectivity index (χ2n) is 5.13. The second-order valence-corrected chi connectivity index (χ2v) is 6.56. The predicted octanol–water partition coefficient (Wildman–Crippen LogP) is 4.83. The van der Waals surface area contributed by atoms with Crippen LogP contribution in [0.2, 0.25) is 5.02 Å². The second kappa shape index (κ2) is 7.21. The summed E-state index contributed by atoms with van der Waals surface area (Å²) < 4.78 is 16.6. The molecule has 130 valence electrons. The van der Waals surface area contributed by atoms with E-state index in [1.54, 1.807) is 32.4 Å². The Labute approximate surface area is 154 Å². The van der Waals surface area contributed by atoms with E-state index in [1.807, 2.05) is 18.2 Å². The fourth-order valence-corrected chi connectivity index (χ4v) is 3.85. The molecule has 0 radical (unpaired) electrons. The van der Waals surface area contributed by atoms with Gasteiger partial charge in [-0.15, -0.1) is 11.3 Å². The Kier molecular flexibility index (Phi) is 5.01. The van der Waals surface area contributed by atoms with Crippen molar-refractivity contribution in [1.29, 1.82) is 0 Å². The van der Waals surface area contributed by atoms with E-state index < -0.39 is 0 Å². The number of amides is 1. The summed E-state index contributed by atoms with van der Waals surface area (Å²) >= 11 is 7.71. The van der Waals surface area contributed by atoms with Crippen molar-refractivity contribution in [1.82, 2.24) is 0 Å². The van der Waals surface area contributed by atoms with Crippen molar-refractivity contribution in [3.8, 4) is 17.2 Å². The lowest BCUT2D eigenvalue weighted by Gasteiger charge is -2.11. The number of ether oxygens (including phenoxy) is 3.